The molecule has 0 aliphatic carbocycles. The van der Waals surface area contributed by atoms with Gasteiger partial charge in [0.1, 0.15) is 0 Å². The Morgan fingerprint density at radius 3 is 1.80 bits per heavy atom. The van der Waals surface area contributed by atoms with Crippen molar-refractivity contribution in [3.05, 3.63) is 10.1 Å². The molecule has 0 unspecified atom stereocenters. The number of nitrogens with zero attached hydrogens (tertiary/aromatic N) is 1. The minimum Gasteiger partial charge on any atom is -0.328 e. The molecule has 0 saturated heterocycles. The van der Waals surface area contributed by atoms with E-state index in [0.717, 1.165) is 0 Å². The van der Waals surface area contributed by atoms with Gasteiger partial charge in [-0.25, -0.2) is 0 Å². The van der Waals surface area contributed by atoms with E-state index in [9.17, 15) is 0 Å². The maximum absolute atomic E-state index is 8.36. The summed E-state index contributed by atoms with van der Waals surface area (Å²) in [7, 11) is 0. The van der Waals surface area contributed by atoms with E-state index < -0.39 is 5.09 Å². The van der Waals surface area contributed by atoms with Crippen LogP contribution in [0.3, 0.4) is 0 Å². The topological polar surface area (TPSA) is 63.4 Å². The summed E-state index contributed by atoms with van der Waals surface area (Å²) in [6.45, 7) is 0. The molecule has 4 nitrogen and oxygen atoms in total. The van der Waals surface area contributed by atoms with Crippen molar-refractivity contribution in [2.75, 3.05) is 0 Å². The zero-order valence-corrected chi connectivity index (χ0v) is 5.88. The maximum atomic E-state index is 8.36. The van der Waals surface area contributed by atoms with Gasteiger partial charge in [-0.05, 0) is 0 Å². The summed E-state index contributed by atoms with van der Waals surface area (Å²) < 4.78 is 0. The predicted octanol–water partition coefficient (Wildman–Crippen LogP) is -0.348. The maximum Gasteiger partial charge on any atom is 0.291 e. The van der Waals surface area contributed by atoms with E-state index in [4.69, 9.17) is 15.3 Å². The van der Waals surface area contributed by atoms with Crippen molar-refractivity contribution in [3.63, 3.8) is 0 Å². The first-order valence-corrected chi connectivity index (χ1v) is 0.565. The second-order valence-corrected chi connectivity index (χ2v) is 0.238. The van der Waals surface area contributed by atoms with E-state index in [2.05, 4.69) is 0 Å². The van der Waals surface area contributed by atoms with Gasteiger partial charge in [-0.15, -0.1) is 10.1 Å². The van der Waals surface area contributed by atoms with Crippen LogP contribution in [0.5, 0.6) is 0 Å². The summed E-state index contributed by atoms with van der Waals surface area (Å²) in [5.41, 5.74) is 0. The van der Waals surface area contributed by atoms with Crippen LogP contribution in [-0.2, 0) is 0 Å². The third-order valence-corrected chi connectivity index (χ3v) is 0. The summed E-state index contributed by atoms with van der Waals surface area (Å²) in [5, 5.41) is 13.6. The van der Waals surface area contributed by atoms with Crippen LogP contribution >= 0.6 is 0 Å². The van der Waals surface area contributed by atoms with E-state index in [1.807, 2.05) is 0 Å². The zero-order chi connectivity index (χ0) is 3.58. The standard InChI is InChI=1S/HNO3.Np/c2-1(3)4;/h(H,2,3,4);/i;1+0. The molecule has 0 spiro atoms. The van der Waals surface area contributed by atoms with E-state index in [1.165, 1.54) is 0 Å². The molecule has 1 N–H and O–H groups in total. The SMILES string of the molecule is O=[N+]([O-])O.[237Np]. The van der Waals surface area contributed by atoms with Gasteiger partial charge in [0.15, 0.2) is 0 Å². The monoisotopic (exact) mass is 300 g/mol. The molecule has 0 rings (SSSR count). The fourth-order valence-corrected chi connectivity index (χ4v) is 0. The van der Waals surface area contributed by atoms with Gasteiger partial charge in [-0.3, -0.25) is 0 Å². The Hall–Kier alpha value is 0.213. The molecule has 5 heavy (non-hydrogen) atoms. The van der Waals surface area contributed by atoms with E-state index >= 15 is 0 Å². The number of hydrogen-bond acceptors (Lipinski definition) is 2. The number of rotatable bonds is 0. The number of hydrogen-bond donors (Lipinski definition) is 1. The van der Waals surface area contributed by atoms with Gasteiger partial charge in [-0.2, -0.15) is 0 Å². The third-order valence-electron chi connectivity index (χ3n) is 0. The van der Waals surface area contributed by atoms with Crippen molar-refractivity contribution in [2.24, 2.45) is 0 Å². The quantitative estimate of drug-likeness (QED) is 0.491. The van der Waals surface area contributed by atoms with Crippen LogP contribution in [0, 0.1) is 40.1 Å². The van der Waals surface area contributed by atoms with Gasteiger partial charge in [-0.1, -0.05) is 0 Å². The van der Waals surface area contributed by atoms with Gasteiger partial charge in [0.2, 0.25) is 0 Å². The van der Waals surface area contributed by atoms with Crippen LogP contribution in [0.15, 0.2) is 0 Å². The van der Waals surface area contributed by atoms with Gasteiger partial charge < -0.3 is 5.21 Å². The smallest absolute Gasteiger partial charge is 0.291 e. The fourth-order valence-electron chi connectivity index (χ4n) is 0. The Kier molecular flexibility index (Phi) is 7.55. The first kappa shape index (κ1) is 8.96. The second-order valence-electron chi connectivity index (χ2n) is 0.238. The molecule has 0 bridgehead atoms. The average molecular weight is 300 g/mol. The molecule has 1 radical (unpaired) electrons. The van der Waals surface area contributed by atoms with Crippen LogP contribution in [-0.4, -0.2) is 10.3 Å². The molecule has 0 aromatic carbocycles. The Morgan fingerprint density at radius 2 is 1.80 bits per heavy atom. The molecule has 0 aliphatic heterocycles. The molecule has 0 aromatic heterocycles. The van der Waals surface area contributed by atoms with Gasteiger partial charge in [0.25, 0.3) is 5.09 Å². The van der Waals surface area contributed by atoms with Crippen molar-refractivity contribution >= 4 is 0 Å². The van der Waals surface area contributed by atoms with Gasteiger partial charge >= 0.3 is 0 Å². The van der Waals surface area contributed by atoms with E-state index in [1.54, 1.807) is 0 Å². The van der Waals surface area contributed by atoms with Crippen LogP contribution in [0.1, 0.15) is 0 Å². The summed E-state index contributed by atoms with van der Waals surface area (Å²) >= 11 is 0. The first-order valence-electron chi connectivity index (χ1n) is 0.565. The molecule has 0 heterocycles. The van der Waals surface area contributed by atoms with Crippen LogP contribution < -0.4 is 0 Å². The third kappa shape index (κ3) is 455. The van der Waals surface area contributed by atoms with E-state index in [0.29, 0.717) is 0 Å². The second kappa shape index (κ2) is 4.21. The van der Waals surface area contributed by atoms with Crippen LogP contribution in [0.25, 0.3) is 0 Å². The molecular formula is HNNpO3. The minimum absolute atomic E-state index is 0. The normalized spacial score (nSPS) is 4.80. The Balaban J connectivity index is 0. The molecular weight excluding hydrogens is 299 g/mol. The molecule has 5 heteroatoms. The molecule has 0 aliphatic rings. The van der Waals surface area contributed by atoms with Crippen LogP contribution in [0.2, 0.25) is 0 Å². The van der Waals surface area contributed by atoms with Crippen molar-refractivity contribution in [1.82, 2.24) is 0 Å². The Labute approximate surface area is 50.6 Å². The first-order chi connectivity index (χ1) is 1.73. The largest absolute Gasteiger partial charge is 0.328 e. The molecule has 0 aromatic rings. The van der Waals surface area contributed by atoms with Crippen molar-refractivity contribution in [2.45, 2.75) is 0 Å². The van der Waals surface area contributed by atoms with E-state index in [-0.39, 0.29) is 29.9 Å². The zero-order valence-electron chi connectivity index (χ0n) is 2.16. The average Bonchev–Trinajstić information content (AvgIpc) is 0.811. The molecule has 29 valence electrons. The minimum atomic E-state index is -1.50. The molecule has 0 fully saturated rings. The summed E-state index contributed by atoms with van der Waals surface area (Å²) in [6, 6.07) is 0. The van der Waals surface area contributed by atoms with Crippen molar-refractivity contribution < 1.29 is 40.2 Å². The van der Waals surface area contributed by atoms with Gasteiger partial charge in [0.05, 0.1) is 0 Å². The molecule has 0 atom stereocenters. The van der Waals surface area contributed by atoms with Crippen molar-refractivity contribution in [1.29, 1.82) is 0 Å². The summed E-state index contributed by atoms with van der Waals surface area (Å²) in [5.74, 6) is 0. The Morgan fingerprint density at radius 1 is 1.80 bits per heavy atom. The Bertz CT molecular complexity index is 29.9. The summed E-state index contributed by atoms with van der Waals surface area (Å²) in [6.07, 6.45) is 0. The molecule has 0 amide bonds. The van der Waals surface area contributed by atoms with Gasteiger partial charge in [0, 0.05) is 29.9 Å². The summed E-state index contributed by atoms with van der Waals surface area (Å²) in [4.78, 5) is 8.36. The van der Waals surface area contributed by atoms with Crippen LogP contribution in [0.4, 0.5) is 0 Å². The molecule has 0 saturated carbocycles. The van der Waals surface area contributed by atoms with Crippen molar-refractivity contribution in [3.8, 4) is 0 Å². The predicted molar refractivity (Wildman–Crippen MR) is 8.78 cm³/mol. The fraction of sp³-hybridized carbons (Fsp3) is 0.